The Kier molecular flexibility index (Phi) is 1.91. The lowest BCUT2D eigenvalue weighted by molar-refractivity contribution is -0.147. The van der Waals surface area contributed by atoms with Gasteiger partial charge in [0, 0.05) is 6.42 Å². The van der Waals surface area contributed by atoms with Gasteiger partial charge in [0.05, 0.1) is 5.76 Å². The summed E-state index contributed by atoms with van der Waals surface area (Å²) in [6, 6.07) is 0. The molecular formula is C15H24O. The lowest BCUT2D eigenvalue weighted by Gasteiger charge is -2.66. The van der Waals surface area contributed by atoms with Crippen LogP contribution in [0.5, 0.6) is 0 Å². The summed E-state index contributed by atoms with van der Waals surface area (Å²) in [6.07, 6.45) is 5.06. The third-order valence-electron chi connectivity index (χ3n) is 6.12. The lowest BCUT2D eigenvalue weighted by atomic mass is 9.38. The van der Waals surface area contributed by atoms with Crippen LogP contribution < -0.4 is 0 Å². The molecule has 0 aromatic heterocycles. The van der Waals surface area contributed by atoms with Crippen LogP contribution in [-0.2, 0) is 0 Å². The summed E-state index contributed by atoms with van der Waals surface area (Å²) in [5.74, 6) is 2.96. The van der Waals surface area contributed by atoms with Crippen LogP contribution in [0.2, 0.25) is 0 Å². The quantitative estimate of drug-likeness (QED) is 0.645. The normalized spacial score (nSPS) is 49.6. The van der Waals surface area contributed by atoms with E-state index in [9.17, 15) is 5.11 Å². The van der Waals surface area contributed by atoms with Crippen molar-refractivity contribution in [2.24, 2.45) is 28.6 Å². The minimum atomic E-state index is 0.479. The van der Waals surface area contributed by atoms with Crippen molar-refractivity contribution in [1.29, 1.82) is 0 Å². The van der Waals surface area contributed by atoms with Gasteiger partial charge in [-0.25, -0.2) is 0 Å². The van der Waals surface area contributed by atoms with E-state index < -0.39 is 0 Å². The van der Waals surface area contributed by atoms with Crippen molar-refractivity contribution in [1.82, 2.24) is 0 Å². The number of aliphatic hydroxyl groups excluding tert-OH is 1. The van der Waals surface area contributed by atoms with Gasteiger partial charge in [-0.1, -0.05) is 27.2 Å². The second-order valence-electron chi connectivity index (χ2n) is 7.29. The van der Waals surface area contributed by atoms with Crippen molar-refractivity contribution in [2.75, 3.05) is 0 Å². The van der Waals surface area contributed by atoms with E-state index in [1.165, 1.54) is 24.8 Å². The number of hydrogen-bond donors (Lipinski definition) is 1. The topological polar surface area (TPSA) is 20.2 Å². The van der Waals surface area contributed by atoms with Crippen LogP contribution in [0.1, 0.15) is 53.4 Å². The Balaban J connectivity index is 2.08. The molecular weight excluding hydrogens is 196 g/mol. The summed E-state index contributed by atoms with van der Waals surface area (Å²) < 4.78 is 0. The van der Waals surface area contributed by atoms with Crippen molar-refractivity contribution < 1.29 is 5.11 Å². The highest BCUT2D eigenvalue weighted by Gasteiger charge is 2.66. The summed E-state index contributed by atoms with van der Waals surface area (Å²) in [4.78, 5) is 0. The number of hydrogen-bond acceptors (Lipinski definition) is 1. The van der Waals surface area contributed by atoms with Gasteiger partial charge in [-0.3, -0.25) is 0 Å². The highest BCUT2D eigenvalue weighted by molar-refractivity contribution is 5.30. The second-order valence-corrected chi connectivity index (χ2v) is 7.29. The highest BCUT2D eigenvalue weighted by atomic mass is 16.3. The average molecular weight is 220 g/mol. The van der Waals surface area contributed by atoms with Gasteiger partial charge in [0.2, 0.25) is 0 Å². The molecule has 4 rings (SSSR count). The van der Waals surface area contributed by atoms with Crippen LogP contribution in [0.15, 0.2) is 11.3 Å². The molecule has 4 bridgehead atoms. The molecule has 90 valence electrons. The Morgan fingerprint density at radius 2 is 1.88 bits per heavy atom. The zero-order valence-corrected chi connectivity index (χ0v) is 11.0. The molecule has 1 N–H and O–H groups in total. The third kappa shape index (κ3) is 1.03. The first kappa shape index (κ1) is 10.7. The molecule has 0 aromatic rings. The van der Waals surface area contributed by atoms with Crippen molar-refractivity contribution in [3.63, 3.8) is 0 Å². The van der Waals surface area contributed by atoms with E-state index >= 15 is 0 Å². The fourth-order valence-corrected chi connectivity index (χ4v) is 5.27. The van der Waals surface area contributed by atoms with Crippen molar-refractivity contribution in [3.05, 3.63) is 11.3 Å². The Morgan fingerprint density at radius 1 is 1.19 bits per heavy atom. The van der Waals surface area contributed by atoms with Crippen LogP contribution >= 0.6 is 0 Å². The summed E-state index contributed by atoms with van der Waals surface area (Å²) in [5.41, 5.74) is 2.30. The molecule has 0 saturated heterocycles. The van der Waals surface area contributed by atoms with Crippen LogP contribution in [0, 0.1) is 28.6 Å². The second kappa shape index (κ2) is 2.86. The van der Waals surface area contributed by atoms with Crippen LogP contribution in [-0.4, -0.2) is 5.11 Å². The highest BCUT2D eigenvalue weighted by Crippen LogP contribution is 2.72. The zero-order valence-electron chi connectivity index (χ0n) is 11.0. The van der Waals surface area contributed by atoms with Gasteiger partial charge in [-0.05, 0) is 53.9 Å². The molecule has 0 spiro atoms. The van der Waals surface area contributed by atoms with Crippen LogP contribution in [0.4, 0.5) is 0 Å². The molecule has 4 aliphatic rings. The van der Waals surface area contributed by atoms with Gasteiger partial charge < -0.3 is 5.11 Å². The van der Waals surface area contributed by atoms with Crippen LogP contribution in [0.25, 0.3) is 0 Å². The number of aliphatic hydroxyl groups is 1. The molecule has 4 atom stereocenters. The third-order valence-corrected chi connectivity index (χ3v) is 6.12. The molecule has 2 fully saturated rings. The SMILES string of the molecule is CC1=C(O)C[C@@H]2[C@@H]3C1C2(C)CCCC3(C)C. The van der Waals surface area contributed by atoms with Crippen molar-refractivity contribution >= 4 is 0 Å². The average Bonchev–Trinajstić information content (AvgIpc) is 2.34. The largest absolute Gasteiger partial charge is 0.512 e. The molecule has 0 aliphatic heterocycles. The van der Waals surface area contributed by atoms with E-state index in [4.69, 9.17) is 0 Å². The van der Waals surface area contributed by atoms with Gasteiger partial charge in [-0.2, -0.15) is 0 Å². The number of fused-ring (bicyclic) bond motifs is 1. The fraction of sp³-hybridized carbons (Fsp3) is 0.867. The molecule has 0 radical (unpaired) electrons. The summed E-state index contributed by atoms with van der Waals surface area (Å²) in [7, 11) is 0. The maximum Gasteiger partial charge on any atom is 0.0918 e. The van der Waals surface area contributed by atoms with E-state index in [1.54, 1.807) is 0 Å². The van der Waals surface area contributed by atoms with E-state index in [1.807, 2.05) is 0 Å². The van der Waals surface area contributed by atoms with E-state index in [2.05, 4.69) is 27.7 Å². The molecule has 4 aliphatic carbocycles. The van der Waals surface area contributed by atoms with Crippen molar-refractivity contribution in [3.8, 4) is 0 Å². The maximum absolute atomic E-state index is 9.99. The van der Waals surface area contributed by atoms with E-state index in [0.29, 0.717) is 22.5 Å². The van der Waals surface area contributed by atoms with E-state index in [0.717, 1.165) is 18.3 Å². The molecule has 2 saturated carbocycles. The van der Waals surface area contributed by atoms with Gasteiger partial charge in [0.25, 0.3) is 0 Å². The molecule has 1 nitrogen and oxygen atoms in total. The number of allylic oxidation sites excluding steroid dienone is 2. The smallest absolute Gasteiger partial charge is 0.0918 e. The monoisotopic (exact) mass is 220 g/mol. The van der Waals surface area contributed by atoms with Gasteiger partial charge in [0.1, 0.15) is 0 Å². The first-order valence-corrected chi connectivity index (χ1v) is 6.76. The number of rotatable bonds is 0. The Labute approximate surface area is 98.9 Å². The molecule has 0 amide bonds. The standard InChI is InChI=1S/C15H24O/c1-9-11(16)8-10-13-12(9)15(10,4)7-5-6-14(13,2)3/h10,12-13,16H,5-8H2,1-4H3/t10-,12?,13-,15?/m1/s1. The first-order chi connectivity index (χ1) is 7.38. The molecule has 1 heteroatoms. The van der Waals surface area contributed by atoms with Gasteiger partial charge in [0.15, 0.2) is 0 Å². The fourth-order valence-electron chi connectivity index (χ4n) is 5.27. The summed E-state index contributed by atoms with van der Waals surface area (Å²) in [5, 5.41) is 9.99. The maximum atomic E-state index is 9.99. The predicted molar refractivity (Wildman–Crippen MR) is 66.2 cm³/mol. The Bertz CT molecular complexity index is 366. The summed E-state index contributed by atoms with van der Waals surface area (Å²) >= 11 is 0. The molecule has 0 heterocycles. The Morgan fingerprint density at radius 3 is 2.50 bits per heavy atom. The molecule has 0 aromatic carbocycles. The van der Waals surface area contributed by atoms with Gasteiger partial charge >= 0.3 is 0 Å². The van der Waals surface area contributed by atoms with E-state index in [-0.39, 0.29) is 0 Å². The minimum Gasteiger partial charge on any atom is -0.512 e. The Hall–Kier alpha value is -0.460. The predicted octanol–water partition coefficient (Wildman–Crippen LogP) is 4.30. The summed E-state index contributed by atoms with van der Waals surface area (Å²) in [6.45, 7) is 9.52. The minimum absolute atomic E-state index is 0.479. The van der Waals surface area contributed by atoms with Gasteiger partial charge in [-0.15, -0.1) is 0 Å². The molecule has 16 heavy (non-hydrogen) atoms. The van der Waals surface area contributed by atoms with Crippen LogP contribution in [0.3, 0.4) is 0 Å². The van der Waals surface area contributed by atoms with Crippen molar-refractivity contribution in [2.45, 2.75) is 53.4 Å². The molecule has 2 unspecified atom stereocenters. The lowest BCUT2D eigenvalue weighted by Crippen LogP contribution is -2.61. The zero-order chi connectivity index (χ0) is 11.7. The first-order valence-electron chi connectivity index (χ1n) is 6.76.